The summed E-state index contributed by atoms with van der Waals surface area (Å²) < 4.78 is 30.0. The Hall–Kier alpha value is -5.74. The van der Waals surface area contributed by atoms with Gasteiger partial charge in [0.15, 0.2) is 23.6 Å². The van der Waals surface area contributed by atoms with Crippen LogP contribution in [0.3, 0.4) is 0 Å². The second-order valence-corrected chi connectivity index (χ2v) is 16.9. The number of carbonyl (C=O) groups excluding carboxylic acids is 6. The summed E-state index contributed by atoms with van der Waals surface area (Å²) in [6, 6.07) is 22.9. The summed E-state index contributed by atoms with van der Waals surface area (Å²) in [6.45, 7) is 6.39. The molecule has 1 aliphatic heterocycles. The van der Waals surface area contributed by atoms with E-state index in [1.807, 2.05) is 0 Å². The van der Waals surface area contributed by atoms with E-state index in [9.17, 15) is 39.3 Å². The van der Waals surface area contributed by atoms with Gasteiger partial charge in [0, 0.05) is 37.7 Å². The predicted molar refractivity (Wildman–Crippen MR) is 213 cm³/mol. The van der Waals surface area contributed by atoms with Crippen LogP contribution < -0.4 is 5.32 Å². The summed E-state index contributed by atoms with van der Waals surface area (Å²) in [7, 11) is 0. The van der Waals surface area contributed by atoms with Crippen LogP contribution in [-0.2, 0) is 42.9 Å². The molecule has 0 spiro atoms. The van der Waals surface area contributed by atoms with Gasteiger partial charge in [-0.3, -0.25) is 19.2 Å². The lowest BCUT2D eigenvalue weighted by Gasteiger charge is -2.67. The van der Waals surface area contributed by atoms with Crippen molar-refractivity contribution in [2.45, 2.75) is 101 Å². The third-order valence-corrected chi connectivity index (χ3v) is 13.0. The Morgan fingerprint density at radius 3 is 1.97 bits per heavy atom. The van der Waals surface area contributed by atoms with Gasteiger partial charge in [0.1, 0.15) is 23.9 Å². The summed E-state index contributed by atoms with van der Waals surface area (Å²) in [6.07, 6.45) is -9.16. The van der Waals surface area contributed by atoms with Crippen LogP contribution in [0.5, 0.6) is 0 Å². The lowest BCUT2D eigenvalue weighted by molar-refractivity contribution is -0.345. The molecular weight excluding hydrogens is 790 g/mol. The van der Waals surface area contributed by atoms with Gasteiger partial charge in [-0.15, -0.1) is 0 Å². The molecule has 1 amide bonds. The highest BCUT2D eigenvalue weighted by atomic mass is 16.6. The minimum atomic E-state index is -2.38. The lowest BCUT2D eigenvalue weighted by Crippen LogP contribution is -2.81. The maximum absolute atomic E-state index is 15.3. The molecular formula is C46H49NO14. The summed E-state index contributed by atoms with van der Waals surface area (Å²) in [5.41, 5.74) is -7.21. The van der Waals surface area contributed by atoms with Crippen LogP contribution in [-0.4, -0.2) is 105 Å². The normalized spacial score (nSPS) is 32.0. The van der Waals surface area contributed by atoms with Gasteiger partial charge in [-0.05, 0) is 48.4 Å². The molecule has 1 heterocycles. The zero-order valence-corrected chi connectivity index (χ0v) is 34.3. The molecule has 3 aromatic rings. The third-order valence-electron chi connectivity index (χ3n) is 13.0. The number of ketones is 1. The summed E-state index contributed by atoms with van der Waals surface area (Å²) in [5.74, 6) is -6.86. The van der Waals surface area contributed by atoms with Gasteiger partial charge in [0.25, 0.3) is 5.91 Å². The SMILES string of the molecule is CC(=O)O[C@H]1C(=O)[C@@]2(C)C([C@H](OC(=O)c3ccccc3)[C@]3(O)C[C@H](OC(=O)[C@H](O)[C@@H](NC(=O)c4ccccc4)c4ccccc4)C=C1C3(C)C)[C@]1(OC(C)=O)CO[C@@H]1C[C@@H]2O. The van der Waals surface area contributed by atoms with Crippen LogP contribution in [0.1, 0.15) is 79.8 Å². The molecule has 1 saturated heterocycles. The highest BCUT2D eigenvalue weighted by molar-refractivity contribution is 5.96. The molecule has 0 radical (unpaired) electrons. The van der Waals surface area contributed by atoms with Gasteiger partial charge in [-0.2, -0.15) is 0 Å². The Bertz CT molecular complexity index is 2230. The van der Waals surface area contributed by atoms with E-state index in [2.05, 4.69) is 5.32 Å². The van der Waals surface area contributed by atoms with Crippen LogP contribution in [0.15, 0.2) is 103 Å². The van der Waals surface area contributed by atoms with Crippen molar-refractivity contribution < 1.29 is 67.8 Å². The van der Waals surface area contributed by atoms with Crippen LogP contribution in [0.2, 0.25) is 0 Å². The summed E-state index contributed by atoms with van der Waals surface area (Å²) >= 11 is 0. The molecule has 322 valence electrons. The third kappa shape index (κ3) is 7.43. The largest absolute Gasteiger partial charge is 0.456 e. The average molecular weight is 840 g/mol. The van der Waals surface area contributed by atoms with Crippen molar-refractivity contribution in [3.05, 3.63) is 119 Å². The Morgan fingerprint density at radius 1 is 0.820 bits per heavy atom. The van der Waals surface area contributed by atoms with Crippen LogP contribution in [0.4, 0.5) is 0 Å². The maximum atomic E-state index is 15.3. The quantitative estimate of drug-likeness (QED) is 0.131. The zero-order chi connectivity index (χ0) is 44.1. The topological polar surface area (TPSA) is 221 Å². The monoisotopic (exact) mass is 839 g/mol. The predicted octanol–water partition coefficient (Wildman–Crippen LogP) is 3.35. The van der Waals surface area contributed by atoms with Gasteiger partial charge >= 0.3 is 23.9 Å². The number of esters is 4. The lowest BCUT2D eigenvalue weighted by atomic mass is 9.45. The standard InChI is InChI=1S/C46H49NO14/c1-25(48)58-36-31-21-30(59-42(55)35(51)34(27-15-9-6-10-16-27)47-40(53)28-17-11-7-12-18-28)23-46(56,43(31,3)4)39(60-41(54)29-19-13-8-14-20-29)37-44(5,38(36)52)32(50)22-33-45(37,24-57-33)61-26(2)49/h6-21,30,32-37,39,50-51,56H,22-24H2,1-5H3,(H,47,53)/t30-,32+,33-,34+,35-,36-,37?,39+,44-,45+,46-/m1/s1. The Balaban J connectivity index is 1.36. The number of fused-ring (bicyclic) bond motifs is 5. The van der Waals surface area contributed by atoms with E-state index in [1.165, 1.54) is 25.1 Å². The van der Waals surface area contributed by atoms with Crippen LogP contribution in [0, 0.1) is 16.7 Å². The second kappa shape index (κ2) is 16.3. The van der Waals surface area contributed by atoms with Crippen molar-refractivity contribution in [1.82, 2.24) is 5.32 Å². The number of hydrogen-bond acceptors (Lipinski definition) is 14. The first-order chi connectivity index (χ1) is 28.8. The van der Waals surface area contributed by atoms with Crippen LogP contribution in [0.25, 0.3) is 0 Å². The average Bonchev–Trinajstić information content (AvgIpc) is 3.23. The Kier molecular flexibility index (Phi) is 11.6. The molecule has 11 atom stereocenters. The Morgan fingerprint density at radius 2 is 1.41 bits per heavy atom. The zero-order valence-electron chi connectivity index (χ0n) is 34.3. The smallest absolute Gasteiger partial charge is 0.338 e. The first-order valence-corrected chi connectivity index (χ1v) is 20.1. The molecule has 15 nitrogen and oxygen atoms in total. The van der Waals surface area contributed by atoms with Gasteiger partial charge in [0.2, 0.25) is 0 Å². The molecule has 4 aliphatic rings. The first-order valence-electron chi connectivity index (χ1n) is 20.1. The summed E-state index contributed by atoms with van der Waals surface area (Å²) in [4.78, 5) is 82.9. The van der Waals surface area contributed by atoms with E-state index >= 15 is 4.79 Å². The fraction of sp³-hybridized carbons (Fsp3) is 0.435. The van der Waals surface area contributed by atoms with Crippen molar-refractivity contribution in [2.24, 2.45) is 16.7 Å². The number of amides is 1. The van der Waals surface area contributed by atoms with Gasteiger partial charge < -0.3 is 44.3 Å². The molecule has 3 aliphatic carbocycles. The van der Waals surface area contributed by atoms with E-state index < -0.39 is 113 Å². The Labute approximate surface area is 352 Å². The number of nitrogens with one attached hydrogen (secondary N) is 1. The van der Waals surface area contributed by atoms with Gasteiger partial charge in [-0.1, -0.05) is 80.6 Å². The van der Waals surface area contributed by atoms with E-state index in [4.69, 9.17) is 23.7 Å². The van der Waals surface area contributed by atoms with Gasteiger partial charge in [0.05, 0.1) is 35.6 Å². The van der Waals surface area contributed by atoms with Crippen LogP contribution >= 0.6 is 0 Å². The second-order valence-electron chi connectivity index (χ2n) is 16.9. The summed E-state index contributed by atoms with van der Waals surface area (Å²) in [5, 5.41) is 39.9. The molecule has 2 bridgehead atoms. The van der Waals surface area contributed by atoms with E-state index in [1.54, 1.807) is 92.7 Å². The molecule has 4 N–H and O–H groups in total. The van der Waals surface area contributed by atoms with Crippen molar-refractivity contribution in [3.63, 3.8) is 0 Å². The molecule has 15 heteroatoms. The van der Waals surface area contributed by atoms with Crippen molar-refractivity contribution >= 4 is 35.6 Å². The number of hydrogen-bond donors (Lipinski definition) is 4. The fourth-order valence-corrected chi connectivity index (χ4v) is 9.72. The molecule has 61 heavy (non-hydrogen) atoms. The number of ether oxygens (including phenoxy) is 5. The number of Topliss-reactive ketones (excluding diaryl/α,β-unsaturated/α-hetero) is 1. The first kappa shape index (κ1) is 43.4. The molecule has 1 unspecified atom stereocenters. The molecule has 2 saturated carbocycles. The number of rotatable bonds is 10. The molecule has 7 rings (SSSR count). The van der Waals surface area contributed by atoms with E-state index in [0.717, 1.165) is 13.8 Å². The van der Waals surface area contributed by atoms with Gasteiger partial charge in [-0.25, -0.2) is 9.59 Å². The van der Waals surface area contributed by atoms with Crippen molar-refractivity contribution in [3.8, 4) is 0 Å². The minimum absolute atomic E-state index is 0.0492. The molecule has 3 aromatic carbocycles. The van der Waals surface area contributed by atoms with E-state index in [0.29, 0.717) is 5.56 Å². The highest BCUT2D eigenvalue weighted by Crippen LogP contribution is 2.63. The molecule has 3 fully saturated rings. The maximum Gasteiger partial charge on any atom is 0.338 e. The number of aliphatic hydroxyl groups excluding tert-OH is 2. The fourth-order valence-electron chi connectivity index (χ4n) is 9.72. The number of aliphatic hydroxyl groups is 3. The highest BCUT2D eigenvalue weighted by Gasteiger charge is 2.78. The van der Waals surface area contributed by atoms with Crippen molar-refractivity contribution in [1.29, 1.82) is 0 Å². The minimum Gasteiger partial charge on any atom is -0.456 e. The number of benzene rings is 3. The van der Waals surface area contributed by atoms with Crippen molar-refractivity contribution in [2.75, 3.05) is 6.61 Å². The number of carbonyl (C=O) groups is 6. The van der Waals surface area contributed by atoms with E-state index in [-0.39, 0.29) is 29.7 Å². The molecule has 0 aromatic heterocycles.